The largest absolute Gasteiger partial charge is 0.332 e. The molecule has 0 spiro atoms. The number of anilines is 2. The molecule has 0 unspecified atom stereocenters. The summed E-state index contributed by atoms with van der Waals surface area (Å²) < 4.78 is 0. The highest BCUT2D eigenvalue weighted by Gasteiger charge is 2.14. The molecule has 0 aliphatic rings. The van der Waals surface area contributed by atoms with E-state index in [1.165, 1.54) is 0 Å². The number of hydrogen-bond acceptors (Lipinski definition) is 5. The molecule has 0 saturated heterocycles. The third kappa shape index (κ3) is 4.15. The van der Waals surface area contributed by atoms with Crippen LogP contribution >= 0.6 is 11.3 Å². The predicted octanol–water partition coefficient (Wildman–Crippen LogP) is 4.10. The Hall–Kier alpha value is -2.24. The van der Waals surface area contributed by atoms with E-state index in [-0.39, 0.29) is 0 Å². The quantitative estimate of drug-likeness (QED) is 0.642. The zero-order valence-electron chi connectivity index (χ0n) is 13.1. The Balaban J connectivity index is 1.86. The van der Waals surface area contributed by atoms with E-state index in [4.69, 9.17) is 4.98 Å². The van der Waals surface area contributed by atoms with Crippen LogP contribution in [0.1, 0.15) is 12.1 Å². The minimum atomic E-state index is 0.913. The number of pyridine rings is 1. The van der Waals surface area contributed by atoms with Gasteiger partial charge in [0.15, 0.2) is 5.13 Å². The van der Waals surface area contributed by atoms with Crippen molar-refractivity contribution in [3.05, 3.63) is 60.4 Å². The van der Waals surface area contributed by atoms with Gasteiger partial charge in [-0.05, 0) is 50.7 Å². The van der Waals surface area contributed by atoms with Crippen LogP contribution in [0.3, 0.4) is 0 Å². The Kier molecular flexibility index (Phi) is 5.34. The molecule has 0 fully saturated rings. The fraction of sp³-hybridized carbons (Fsp3) is 0.222. The maximum Gasteiger partial charge on any atom is 0.188 e. The maximum atomic E-state index is 4.79. The van der Waals surface area contributed by atoms with Crippen LogP contribution in [0.25, 0.3) is 10.6 Å². The van der Waals surface area contributed by atoms with Gasteiger partial charge in [0, 0.05) is 11.9 Å². The molecule has 118 valence electrons. The molecule has 23 heavy (non-hydrogen) atoms. The number of rotatable bonds is 7. The molecule has 0 aliphatic heterocycles. The minimum absolute atomic E-state index is 0.913. The van der Waals surface area contributed by atoms with Crippen LogP contribution in [0.2, 0.25) is 0 Å². The second kappa shape index (κ2) is 7.85. The van der Waals surface area contributed by atoms with Crippen molar-refractivity contribution in [2.24, 2.45) is 0 Å². The van der Waals surface area contributed by atoms with Crippen LogP contribution in [0.4, 0.5) is 10.8 Å². The monoisotopic (exact) mass is 324 g/mol. The number of nitrogens with one attached hydrogen (secondary N) is 2. The molecule has 3 aromatic rings. The van der Waals surface area contributed by atoms with E-state index in [1.54, 1.807) is 11.3 Å². The molecule has 0 bridgehead atoms. The first-order valence-corrected chi connectivity index (χ1v) is 8.56. The highest BCUT2D eigenvalue weighted by molar-refractivity contribution is 7.19. The summed E-state index contributed by atoms with van der Waals surface area (Å²) in [6, 6.07) is 16.1. The van der Waals surface area contributed by atoms with E-state index < -0.39 is 0 Å². The molecule has 0 aliphatic carbocycles. The fourth-order valence-corrected chi connectivity index (χ4v) is 3.36. The Labute approximate surface area is 140 Å². The summed E-state index contributed by atoms with van der Waals surface area (Å²) >= 11 is 1.66. The van der Waals surface area contributed by atoms with E-state index in [1.807, 2.05) is 61.8 Å². The smallest absolute Gasteiger partial charge is 0.188 e. The number of para-hydroxylation sites is 1. The minimum Gasteiger partial charge on any atom is -0.332 e. The molecule has 4 nitrogen and oxygen atoms in total. The third-order valence-corrected chi connectivity index (χ3v) is 4.50. The van der Waals surface area contributed by atoms with Gasteiger partial charge in [-0.3, -0.25) is 4.98 Å². The van der Waals surface area contributed by atoms with E-state index in [2.05, 4.69) is 15.6 Å². The molecule has 2 heterocycles. The van der Waals surface area contributed by atoms with E-state index in [9.17, 15) is 0 Å². The second-order valence-corrected chi connectivity index (χ2v) is 6.21. The van der Waals surface area contributed by atoms with Gasteiger partial charge in [0.2, 0.25) is 0 Å². The summed E-state index contributed by atoms with van der Waals surface area (Å²) in [5, 5.41) is 7.49. The van der Waals surface area contributed by atoms with Crippen LogP contribution in [-0.4, -0.2) is 23.6 Å². The second-order valence-electron chi connectivity index (χ2n) is 5.21. The van der Waals surface area contributed by atoms with Gasteiger partial charge in [-0.15, -0.1) is 0 Å². The molecule has 2 aromatic heterocycles. The lowest BCUT2D eigenvalue weighted by atomic mass is 10.2. The maximum absolute atomic E-state index is 4.79. The number of thiazole rings is 1. The Bertz CT molecular complexity index is 725. The number of aromatic nitrogens is 2. The van der Waals surface area contributed by atoms with Gasteiger partial charge in [-0.25, -0.2) is 4.98 Å². The number of aryl methyl sites for hydroxylation is 1. The lowest BCUT2D eigenvalue weighted by molar-refractivity contribution is 0.718. The highest BCUT2D eigenvalue weighted by atomic mass is 32.1. The first-order valence-electron chi connectivity index (χ1n) is 7.74. The molecule has 0 atom stereocenters. The van der Waals surface area contributed by atoms with Crippen LogP contribution in [0, 0.1) is 0 Å². The zero-order valence-corrected chi connectivity index (χ0v) is 13.9. The predicted molar refractivity (Wildman–Crippen MR) is 97.3 cm³/mol. The van der Waals surface area contributed by atoms with Crippen molar-refractivity contribution in [3.63, 3.8) is 0 Å². The van der Waals surface area contributed by atoms with Gasteiger partial charge in [-0.1, -0.05) is 35.6 Å². The Morgan fingerprint density at radius 1 is 1.04 bits per heavy atom. The standard InChI is InChI=1S/C18H20N4S/c1-19-12-7-11-16-17(15-10-5-6-13-20-15)23-18(22-16)21-14-8-3-2-4-9-14/h2-6,8-10,13,19H,7,11-12H2,1H3,(H,21,22). The average Bonchev–Trinajstić information content (AvgIpc) is 2.99. The summed E-state index contributed by atoms with van der Waals surface area (Å²) in [5.41, 5.74) is 3.16. The molecule has 5 heteroatoms. The number of hydrogen-bond donors (Lipinski definition) is 2. The van der Waals surface area contributed by atoms with Crippen molar-refractivity contribution in [1.29, 1.82) is 0 Å². The molecular formula is C18H20N4S. The van der Waals surface area contributed by atoms with E-state index in [0.29, 0.717) is 0 Å². The molecule has 2 N–H and O–H groups in total. The van der Waals surface area contributed by atoms with Gasteiger partial charge in [0.1, 0.15) is 0 Å². The zero-order chi connectivity index (χ0) is 15.9. The van der Waals surface area contributed by atoms with Gasteiger partial charge < -0.3 is 10.6 Å². The Morgan fingerprint density at radius 3 is 2.61 bits per heavy atom. The van der Waals surface area contributed by atoms with Crippen molar-refractivity contribution in [2.75, 3.05) is 18.9 Å². The summed E-state index contributed by atoms with van der Waals surface area (Å²) in [4.78, 5) is 10.4. The molecule has 0 saturated carbocycles. The van der Waals surface area contributed by atoms with Crippen LogP contribution in [0.15, 0.2) is 54.7 Å². The third-order valence-electron chi connectivity index (χ3n) is 3.46. The lowest BCUT2D eigenvalue weighted by Crippen LogP contribution is -2.08. The SMILES string of the molecule is CNCCCc1nc(Nc2ccccc2)sc1-c1ccccn1. The van der Waals surface area contributed by atoms with Crippen LogP contribution in [0.5, 0.6) is 0 Å². The number of benzene rings is 1. The van der Waals surface area contributed by atoms with Gasteiger partial charge in [0.25, 0.3) is 0 Å². The van der Waals surface area contributed by atoms with Crippen molar-refractivity contribution in [3.8, 4) is 10.6 Å². The van der Waals surface area contributed by atoms with Crippen molar-refractivity contribution >= 4 is 22.2 Å². The lowest BCUT2D eigenvalue weighted by Gasteiger charge is -2.01. The van der Waals surface area contributed by atoms with Crippen LogP contribution in [-0.2, 0) is 6.42 Å². The summed E-state index contributed by atoms with van der Waals surface area (Å²) in [6.45, 7) is 0.987. The normalized spacial score (nSPS) is 10.7. The van der Waals surface area contributed by atoms with E-state index >= 15 is 0 Å². The highest BCUT2D eigenvalue weighted by Crippen LogP contribution is 2.33. The molecule has 3 rings (SSSR count). The first-order chi connectivity index (χ1) is 11.4. The van der Waals surface area contributed by atoms with Crippen molar-refractivity contribution in [2.45, 2.75) is 12.8 Å². The summed E-state index contributed by atoms with van der Waals surface area (Å²) in [5.74, 6) is 0. The van der Waals surface area contributed by atoms with Crippen LogP contribution < -0.4 is 10.6 Å². The first kappa shape index (κ1) is 15.6. The fourth-order valence-electron chi connectivity index (χ4n) is 2.35. The summed E-state index contributed by atoms with van der Waals surface area (Å²) in [7, 11) is 1.98. The summed E-state index contributed by atoms with van der Waals surface area (Å²) in [6.07, 6.45) is 3.83. The van der Waals surface area contributed by atoms with Gasteiger partial charge in [-0.2, -0.15) is 0 Å². The van der Waals surface area contributed by atoms with E-state index in [0.717, 1.165) is 46.5 Å². The molecular weight excluding hydrogens is 304 g/mol. The number of nitrogens with zero attached hydrogens (tertiary/aromatic N) is 2. The van der Waals surface area contributed by atoms with Gasteiger partial charge in [0.05, 0.1) is 16.3 Å². The molecule has 1 aromatic carbocycles. The van der Waals surface area contributed by atoms with Crippen molar-refractivity contribution < 1.29 is 0 Å². The topological polar surface area (TPSA) is 49.8 Å². The van der Waals surface area contributed by atoms with Crippen molar-refractivity contribution in [1.82, 2.24) is 15.3 Å². The molecule has 0 amide bonds. The average molecular weight is 324 g/mol. The Morgan fingerprint density at radius 2 is 1.87 bits per heavy atom. The van der Waals surface area contributed by atoms with Gasteiger partial charge >= 0.3 is 0 Å². The molecule has 0 radical (unpaired) electrons.